The molecule has 3 nitrogen and oxygen atoms in total. The normalized spacial score (nSPS) is 9.86. The predicted octanol–water partition coefficient (Wildman–Crippen LogP) is 1.40. The van der Waals surface area contributed by atoms with Crippen LogP contribution in [0.5, 0.6) is 5.75 Å². The van der Waals surface area contributed by atoms with E-state index < -0.39 is 6.67 Å². The lowest BCUT2D eigenvalue weighted by Gasteiger charge is -2.06. The third-order valence-electron chi connectivity index (χ3n) is 1.85. The van der Waals surface area contributed by atoms with Crippen molar-refractivity contribution in [2.45, 2.75) is 6.92 Å². The predicted molar refractivity (Wildman–Crippen MR) is 51.2 cm³/mol. The molecule has 0 saturated carbocycles. The van der Waals surface area contributed by atoms with Crippen molar-refractivity contribution in [3.05, 3.63) is 29.3 Å². The Morgan fingerprint density at radius 2 is 2.29 bits per heavy atom. The van der Waals surface area contributed by atoms with Crippen molar-refractivity contribution in [2.75, 3.05) is 13.2 Å². The van der Waals surface area contributed by atoms with Crippen molar-refractivity contribution < 1.29 is 14.3 Å². The first-order valence-electron chi connectivity index (χ1n) is 4.29. The molecule has 1 aromatic carbocycles. The SMILES string of the molecule is Cc1ccc(O)cc1C(=O)NCCF. The minimum absolute atomic E-state index is 0.00602. The molecule has 0 aliphatic heterocycles. The number of halogens is 1. The first kappa shape index (κ1) is 10.5. The van der Waals surface area contributed by atoms with Gasteiger partial charge in [0, 0.05) is 12.1 Å². The molecule has 0 spiro atoms. The van der Waals surface area contributed by atoms with Gasteiger partial charge in [-0.1, -0.05) is 6.07 Å². The molecular weight excluding hydrogens is 185 g/mol. The van der Waals surface area contributed by atoms with Crippen LogP contribution in [0.25, 0.3) is 0 Å². The molecule has 0 fully saturated rings. The second kappa shape index (κ2) is 4.60. The van der Waals surface area contributed by atoms with Gasteiger partial charge in [0.2, 0.25) is 0 Å². The van der Waals surface area contributed by atoms with Crippen molar-refractivity contribution in [2.24, 2.45) is 0 Å². The van der Waals surface area contributed by atoms with Crippen LogP contribution in [0.3, 0.4) is 0 Å². The number of hydrogen-bond donors (Lipinski definition) is 2. The van der Waals surface area contributed by atoms with Gasteiger partial charge in [-0.25, -0.2) is 4.39 Å². The van der Waals surface area contributed by atoms with Crippen LogP contribution < -0.4 is 5.32 Å². The number of rotatable bonds is 3. The second-order valence-corrected chi connectivity index (χ2v) is 2.94. The summed E-state index contributed by atoms with van der Waals surface area (Å²) < 4.78 is 11.8. The minimum Gasteiger partial charge on any atom is -0.508 e. The van der Waals surface area contributed by atoms with Crippen LogP contribution in [-0.2, 0) is 0 Å². The lowest BCUT2D eigenvalue weighted by atomic mass is 10.1. The largest absolute Gasteiger partial charge is 0.508 e. The zero-order valence-corrected chi connectivity index (χ0v) is 7.88. The number of carbonyl (C=O) groups excluding carboxylic acids is 1. The van der Waals surface area contributed by atoms with Crippen LogP contribution in [-0.4, -0.2) is 24.2 Å². The number of aryl methyl sites for hydroxylation is 1. The van der Waals surface area contributed by atoms with E-state index in [1.165, 1.54) is 12.1 Å². The monoisotopic (exact) mass is 197 g/mol. The zero-order valence-electron chi connectivity index (χ0n) is 7.88. The molecule has 14 heavy (non-hydrogen) atoms. The summed E-state index contributed by atoms with van der Waals surface area (Å²) in [7, 11) is 0. The smallest absolute Gasteiger partial charge is 0.251 e. The Morgan fingerprint density at radius 3 is 2.93 bits per heavy atom. The second-order valence-electron chi connectivity index (χ2n) is 2.94. The van der Waals surface area contributed by atoms with Crippen molar-refractivity contribution in [3.63, 3.8) is 0 Å². The highest BCUT2D eigenvalue weighted by atomic mass is 19.1. The van der Waals surface area contributed by atoms with Crippen LogP contribution in [0.4, 0.5) is 4.39 Å². The number of hydrogen-bond acceptors (Lipinski definition) is 2. The molecule has 2 N–H and O–H groups in total. The van der Waals surface area contributed by atoms with E-state index in [1.54, 1.807) is 13.0 Å². The van der Waals surface area contributed by atoms with E-state index >= 15 is 0 Å². The van der Waals surface area contributed by atoms with Gasteiger partial charge in [0.1, 0.15) is 12.4 Å². The highest BCUT2D eigenvalue weighted by Gasteiger charge is 2.08. The topological polar surface area (TPSA) is 49.3 Å². The van der Waals surface area contributed by atoms with E-state index in [4.69, 9.17) is 5.11 Å². The summed E-state index contributed by atoms with van der Waals surface area (Å²) in [5, 5.41) is 11.5. The van der Waals surface area contributed by atoms with Crippen LogP contribution in [0, 0.1) is 6.92 Å². The van der Waals surface area contributed by atoms with Gasteiger partial charge >= 0.3 is 0 Å². The Kier molecular flexibility index (Phi) is 3.45. The zero-order chi connectivity index (χ0) is 10.6. The number of benzene rings is 1. The van der Waals surface area contributed by atoms with Crippen molar-refractivity contribution in [1.29, 1.82) is 0 Å². The van der Waals surface area contributed by atoms with E-state index in [-0.39, 0.29) is 18.2 Å². The summed E-state index contributed by atoms with van der Waals surface area (Å²) in [6.45, 7) is 1.15. The standard InChI is InChI=1S/C10H12FNO2/c1-7-2-3-8(13)6-9(7)10(14)12-5-4-11/h2-3,6,13H,4-5H2,1H3,(H,12,14). The molecule has 1 rings (SSSR count). The van der Waals surface area contributed by atoms with Crippen LogP contribution in [0.2, 0.25) is 0 Å². The fourth-order valence-corrected chi connectivity index (χ4v) is 1.11. The molecule has 0 aromatic heterocycles. The molecule has 0 unspecified atom stereocenters. The number of alkyl halides is 1. The lowest BCUT2D eigenvalue weighted by molar-refractivity contribution is 0.0950. The first-order valence-corrected chi connectivity index (χ1v) is 4.29. The maximum atomic E-state index is 11.8. The maximum absolute atomic E-state index is 11.8. The summed E-state index contributed by atoms with van der Waals surface area (Å²) in [6, 6.07) is 4.50. The quantitative estimate of drug-likeness (QED) is 0.769. The van der Waals surface area contributed by atoms with Crippen molar-refractivity contribution >= 4 is 5.91 Å². The number of amides is 1. The first-order chi connectivity index (χ1) is 6.65. The van der Waals surface area contributed by atoms with E-state index in [0.29, 0.717) is 5.56 Å². The molecule has 4 heteroatoms. The minimum atomic E-state index is -0.594. The molecule has 1 aromatic rings. The molecule has 0 heterocycles. The Bertz CT molecular complexity index is 339. The van der Waals surface area contributed by atoms with Gasteiger partial charge in [-0.15, -0.1) is 0 Å². The van der Waals surface area contributed by atoms with Crippen LogP contribution >= 0.6 is 0 Å². The van der Waals surface area contributed by atoms with Gasteiger partial charge in [0.15, 0.2) is 0 Å². The van der Waals surface area contributed by atoms with Gasteiger partial charge in [0.05, 0.1) is 0 Å². The lowest BCUT2D eigenvalue weighted by Crippen LogP contribution is -2.26. The van der Waals surface area contributed by atoms with Crippen molar-refractivity contribution in [3.8, 4) is 5.75 Å². The number of phenols is 1. The van der Waals surface area contributed by atoms with E-state index in [2.05, 4.69) is 5.32 Å². The van der Waals surface area contributed by atoms with E-state index in [1.807, 2.05) is 0 Å². The third-order valence-corrected chi connectivity index (χ3v) is 1.85. The molecule has 0 radical (unpaired) electrons. The summed E-state index contributed by atoms with van der Waals surface area (Å²) >= 11 is 0. The fraction of sp³-hybridized carbons (Fsp3) is 0.300. The van der Waals surface area contributed by atoms with Crippen molar-refractivity contribution in [1.82, 2.24) is 5.32 Å². The van der Waals surface area contributed by atoms with E-state index in [9.17, 15) is 9.18 Å². The molecule has 76 valence electrons. The molecule has 1 amide bonds. The third kappa shape index (κ3) is 2.45. The fourth-order valence-electron chi connectivity index (χ4n) is 1.11. The molecule has 0 aliphatic carbocycles. The Morgan fingerprint density at radius 1 is 1.57 bits per heavy atom. The number of phenolic OH excluding ortho intramolecular Hbond substituents is 1. The molecule has 0 bridgehead atoms. The number of nitrogens with one attached hydrogen (secondary N) is 1. The summed E-state index contributed by atoms with van der Waals surface area (Å²) in [5.41, 5.74) is 1.12. The highest BCUT2D eigenvalue weighted by molar-refractivity contribution is 5.95. The van der Waals surface area contributed by atoms with Gasteiger partial charge < -0.3 is 10.4 Å². The van der Waals surface area contributed by atoms with Gasteiger partial charge in [-0.2, -0.15) is 0 Å². The Balaban J connectivity index is 2.83. The Hall–Kier alpha value is -1.58. The summed E-state index contributed by atoms with van der Waals surface area (Å²) in [4.78, 5) is 11.4. The van der Waals surface area contributed by atoms with Gasteiger partial charge in [-0.3, -0.25) is 4.79 Å². The van der Waals surface area contributed by atoms with Gasteiger partial charge in [0.25, 0.3) is 5.91 Å². The molecule has 0 saturated heterocycles. The average molecular weight is 197 g/mol. The molecule has 0 aliphatic rings. The van der Waals surface area contributed by atoms with Crippen LogP contribution in [0.1, 0.15) is 15.9 Å². The summed E-state index contributed by atoms with van der Waals surface area (Å²) in [6.07, 6.45) is 0. The maximum Gasteiger partial charge on any atom is 0.251 e. The van der Waals surface area contributed by atoms with Crippen LogP contribution in [0.15, 0.2) is 18.2 Å². The summed E-state index contributed by atoms with van der Waals surface area (Å²) in [5.74, 6) is -0.336. The van der Waals surface area contributed by atoms with E-state index in [0.717, 1.165) is 5.56 Å². The molecule has 0 atom stereocenters. The average Bonchev–Trinajstić information content (AvgIpc) is 2.18. The number of carbonyl (C=O) groups is 1. The van der Waals surface area contributed by atoms with Gasteiger partial charge in [-0.05, 0) is 24.6 Å². The number of aromatic hydroxyl groups is 1. The molecular formula is C10H12FNO2. The highest BCUT2D eigenvalue weighted by Crippen LogP contribution is 2.15. The Labute approximate surface area is 81.6 Å².